The Balaban J connectivity index is 1.72. The van der Waals surface area contributed by atoms with Crippen molar-refractivity contribution in [1.82, 2.24) is 4.98 Å². The number of ether oxygens (including phenoxy) is 2. The Labute approximate surface area is 119 Å². The van der Waals surface area contributed by atoms with Crippen molar-refractivity contribution < 1.29 is 9.47 Å². The summed E-state index contributed by atoms with van der Waals surface area (Å²) in [6, 6.07) is 1.87. The molecule has 1 spiro atoms. The van der Waals surface area contributed by atoms with Crippen LogP contribution in [0.4, 0.5) is 5.82 Å². The number of anilines is 1. The normalized spacial score (nSPS) is 22.7. The summed E-state index contributed by atoms with van der Waals surface area (Å²) < 4.78 is 12.4. The van der Waals surface area contributed by atoms with E-state index in [0.29, 0.717) is 18.2 Å². The lowest BCUT2D eigenvalue weighted by molar-refractivity contribution is -0.169. The second kappa shape index (κ2) is 4.96. The number of aromatic nitrogens is 1. The van der Waals surface area contributed by atoms with Crippen molar-refractivity contribution in [2.75, 3.05) is 31.2 Å². The van der Waals surface area contributed by atoms with Crippen LogP contribution < -0.4 is 4.90 Å². The summed E-state index contributed by atoms with van der Waals surface area (Å²) in [4.78, 5) is 6.61. The van der Waals surface area contributed by atoms with Crippen LogP contribution in [0.15, 0.2) is 16.7 Å². The molecule has 0 amide bonds. The summed E-state index contributed by atoms with van der Waals surface area (Å²) in [5.41, 5.74) is 0. The topological polar surface area (TPSA) is 34.6 Å². The van der Waals surface area contributed by atoms with Gasteiger partial charge in [-0.05, 0) is 22.0 Å². The van der Waals surface area contributed by atoms with Crippen molar-refractivity contribution in [3.8, 4) is 0 Å². The maximum atomic E-state index is 5.90. The second-order valence-electron chi connectivity index (χ2n) is 4.55. The summed E-state index contributed by atoms with van der Waals surface area (Å²) in [5.74, 6) is 0.599. The Morgan fingerprint density at radius 3 is 2.56 bits per heavy atom. The summed E-state index contributed by atoms with van der Waals surface area (Å²) in [6.07, 6.45) is 3.43. The number of piperidine rings is 1. The molecule has 0 radical (unpaired) electrons. The van der Waals surface area contributed by atoms with Crippen molar-refractivity contribution in [2.24, 2.45) is 0 Å². The molecular weight excluding hydrogens is 320 g/mol. The van der Waals surface area contributed by atoms with Crippen LogP contribution in [0, 0.1) is 0 Å². The van der Waals surface area contributed by atoms with Crippen molar-refractivity contribution in [2.45, 2.75) is 18.6 Å². The van der Waals surface area contributed by atoms with Gasteiger partial charge >= 0.3 is 0 Å². The van der Waals surface area contributed by atoms with Gasteiger partial charge in [0.1, 0.15) is 5.82 Å². The fourth-order valence-electron chi connectivity index (χ4n) is 2.48. The Morgan fingerprint density at radius 1 is 1.28 bits per heavy atom. The molecule has 1 aromatic heterocycles. The van der Waals surface area contributed by atoms with Crippen LogP contribution in [0.3, 0.4) is 0 Å². The van der Waals surface area contributed by atoms with Gasteiger partial charge in [0, 0.05) is 32.1 Å². The predicted molar refractivity (Wildman–Crippen MR) is 73.0 cm³/mol. The molecule has 3 rings (SSSR count). The summed E-state index contributed by atoms with van der Waals surface area (Å²) in [5, 5.41) is 0.640. The van der Waals surface area contributed by atoms with Crippen LogP contribution in [0.2, 0.25) is 5.02 Å². The first-order chi connectivity index (χ1) is 8.69. The van der Waals surface area contributed by atoms with Gasteiger partial charge in [-0.2, -0.15) is 0 Å². The van der Waals surface area contributed by atoms with E-state index in [1.165, 1.54) is 0 Å². The number of nitrogens with zero attached hydrogens (tertiary/aromatic N) is 2. The number of pyridine rings is 1. The molecule has 3 heterocycles. The van der Waals surface area contributed by atoms with E-state index in [0.717, 1.165) is 36.2 Å². The Morgan fingerprint density at radius 2 is 1.94 bits per heavy atom. The largest absolute Gasteiger partial charge is 0.355 e. The van der Waals surface area contributed by atoms with Gasteiger partial charge in [-0.1, -0.05) is 11.6 Å². The maximum absolute atomic E-state index is 5.90. The average Bonchev–Trinajstić information content (AvgIpc) is 2.80. The van der Waals surface area contributed by atoms with Gasteiger partial charge in [0.2, 0.25) is 0 Å². The molecule has 6 heteroatoms. The van der Waals surface area contributed by atoms with E-state index in [1.54, 1.807) is 6.20 Å². The molecule has 2 saturated heterocycles. The lowest BCUT2D eigenvalue weighted by Crippen LogP contribution is -2.45. The third-order valence-electron chi connectivity index (χ3n) is 3.43. The number of halogens is 2. The molecule has 98 valence electrons. The van der Waals surface area contributed by atoms with E-state index >= 15 is 0 Å². The smallest absolute Gasteiger partial charge is 0.171 e. The molecule has 18 heavy (non-hydrogen) atoms. The van der Waals surface area contributed by atoms with Gasteiger partial charge in [0.15, 0.2) is 5.79 Å². The zero-order valence-corrected chi connectivity index (χ0v) is 12.2. The molecule has 0 N–H and O–H groups in total. The molecule has 2 fully saturated rings. The van der Waals surface area contributed by atoms with Crippen LogP contribution in [-0.4, -0.2) is 37.1 Å². The fraction of sp³-hybridized carbons (Fsp3) is 0.583. The molecule has 4 nitrogen and oxygen atoms in total. The van der Waals surface area contributed by atoms with Crippen molar-refractivity contribution in [3.63, 3.8) is 0 Å². The van der Waals surface area contributed by atoms with Crippen LogP contribution in [0.5, 0.6) is 0 Å². The molecule has 0 unspecified atom stereocenters. The standard InChI is InChI=1S/C12H14BrClN2O2/c13-10-7-9(14)8-15-11(10)16-3-1-12(2-4-16)17-5-6-18-12/h7-8H,1-6H2. The zero-order chi connectivity index (χ0) is 12.6. The first-order valence-electron chi connectivity index (χ1n) is 6.02. The van der Waals surface area contributed by atoms with Crippen LogP contribution >= 0.6 is 27.5 Å². The third-order valence-corrected chi connectivity index (χ3v) is 4.22. The van der Waals surface area contributed by atoms with E-state index in [4.69, 9.17) is 21.1 Å². The van der Waals surface area contributed by atoms with E-state index in [9.17, 15) is 0 Å². The quantitative estimate of drug-likeness (QED) is 0.791. The van der Waals surface area contributed by atoms with Gasteiger partial charge in [-0.25, -0.2) is 4.98 Å². The highest BCUT2D eigenvalue weighted by Gasteiger charge is 2.40. The van der Waals surface area contributed by atoms with Gasteiger partial charge in [-0.3, -0.25) is 0 Å². The second-order valence-corrected chi connectivity index (χ2v) is 5.84. The van der Waals surface area contributed by atoms with Crippen LogP contribution in [0.1, 0.15) is 12.8 Å². The van der Waals surface area contributed by atoms with Gasteiger partial charge < -0.3 is 14.4 Å². The van der Waals surface area contributed by atoms with Crippen molar-refractivity contribution in [3.05, 3.63) is 21.8 Å². The van der Waals surface area contributed by atoms with Gasteiger partial charge in [0.25, 0.3) is 0 Å². The highest BCUT2D eigenvalue weighted by Crippen LogP contribution is 2.35. The molecule has 0 saturated carbocycles. The Bertz CT molecular complexity index is 442. The van der Waals surface area contributed by atoms with E-state index in [-0.39, 0.29) is 5.79 Å². The third kappa shape index (κ3) is 2.37. The predicted octanol–water partition coefficient (Wildman–Crippen LogP) is 2.84. The Hall–Kier alpha value is -0.360. The van der Waals surface area contributed by atoms with Gasteiger partial charge in [-0.15, -0.1) is 0 Å². The first kappa shape index (κ1) is 12.7. The minimum absolute atomic E-state index is 0.338. The highest BCUT2D eigenvalue weighted by molar-refractivity contribution is 9.10. The van der Waals surface area contributed by atoms with E-state index < -0.39 is 0 Å². The molecule has 0 aromatic carbocycles. The summed E-state index contributed by atoms with van der Waals surface area (Å²) >= 11 is 9.41. The molecule has 0 bridgehead atoms. The molecule has 2 aliphatic rings. The minimum Gasteiger partial charge on any atom is -0.355 e. The number of hydrogen-bond acceptors (Lipinski definition) is 4. The SMILES string of the molecule is Clc1cnc(N2CCC3(CC2)OCCO3)c(Br)c1. The fourth-order valence-corrected chi connectivity index (χ4v) is 3.37. The monoisotopic (exact) mass is 332 g/mol. The molecule has 0 atom stereocenters. The lowest BCUT2D eigenvalue weighted by Gasteiger charge is -2.38. The van der Waals surface area contributed by atoms with Crippen LogP contribution in [0.25, 0.3) is 0 Å². The zero-order valence-electron chi connectivity index (χ0n) is 9.86. The lowest BCUT2D eigenvalue weighted by atomic mass is 10.0. The van der Waals surface area contributed by atoms with E-state index in [1.807, 2.05) is 6.07 Å². The molecule has 0 aliphatic carbocycles. The minimum atomic E-state index is -0.338. The number of hydrogen-bond donors (Lipinski definition) is 0. The summed E-state index contributed by atoms with van der Waals surface area (Å²) in [7, 11) is 0. The van der Waals surface area contributed by atoms with Crippen LogP contribution in [-0.2, 0) is 9.47 Å². The van der Waals surface area contributed by atoms with Crippen molar-refractivity contribution >= 4 is 33.3 Å². The van der Waals surface area contributed by atoms with E-state index in [2.05, 4.69) is 25.8 Å². The number of rotatable bonds is 1. The average molecular weight is 334 g/mol. The molecule has 1 aromatic rings. The highest BCUT2D eigenvalue weighted by atomic mass is 79.9. The first-order valence-corrected chi connectivity index (χ1v) is 7.20. The molecule has 2 aliphatic heterocycles. The van der Waals surface area contributed by atoms with Crippen molar-refractivity contribution in [1.29, 1.82) is 0 Å². The maximum Gasteiger partial charge on any atom is 0.171 e. The molecular formula is C12H14BrClN2O2. The Kier molecular flexibility index (Phi) is 3.49. The summed E-state index contributed by atoms with van der Waals surface area (Å²) in [6.45, 7) is 3.19. The van der Waals surface area contributed by atoms with Gasteiger partial charge in [0.05, 0.1) is 22.7 Å².